The number of hydrogen-bond acceptors (Lipinski definition) is 2. The van der Waals surface area contributed by atoms with Gasteiger partial charge in [-0.2, -0.15) is 0 Å². The number of fused-ring (bicyclic) bond motifs is 1. The Morgan fingerprint density at radius 1 is 1.17 bits per heavy atom. The summed E-state index contributed by atoms with van der Waals surface area (Å²) in [5, 5.41) is 2.25. The van der Waals surface area contributed by atoms with Gasteiger partial charge in [-0.25, -0.2) is 0 Å². The van der Waals surface area contributed by atoms with E-state index in [0.29, 0.717) is 19.5 Å². The van der Waals surface area contributed by atoms with E-state index in [-0.39, 0.29) is 5.91 Å². The van der Waals surface area contributed by atoms with E-state index < -0.39 is 0 Å². The quantitative estimate of drug-likeness (QED) is 0.895. The second-order valence-corrected chi connectivity index (χ2v) is 4.17. The van der Waals surface area contributed by atoms with Crippen LogP contribution < -0.4 is 10.6 Å². The summed E-state index contributed by atoms with van der Waals surface area (Å²) in [4.78, 5) is 13.9. The number of amides is 1. The minimum Gasteiger partial charge on any atom is -0.330 e. The first-order chi connectivity index (χ1) is 8.77. The van der Waals surface area contributed by atoms with Gasteiger partial charge in [-0.15, -0.1) is 0 Å². The zero-order chi connectivity index (χ0) is 13.0. The fourth-order valence-corrected chi connectivity index (χ4v) is 2.18. The number of anilines is 1. The van der Waals surface area contributed by atoms with Crippen LogP contribution in [0.3, 0.4) is 0 Å². The van der Waals surface area contributed by atoms with Crippen LogP contribution in [0.25, 0.3) is 10.8 Å². The van der Waals surface area contributed by atoms with Crippen molar-refractivity contribution in [2.24, 2.45) is 5.73 Å². The smallest absolute Gasteiger partial charge is 0.228 e. The molecule has 0 aliphatic carbocycles. The monoisotopic (exact) mass is 242 g/mol. The molecule has 94 valence electrons. The van der Waals surface area contributed by atoms with E-state index >= 15 is 0 Å². The van der Waals surface area contributed by atoms with Crippen LogP contribution >= 0.6 is 0 Å². The summed E-state index contributed by atoms with van der Waals surface area (Å²) in [7, 11) is 0. The standard InChI is InChI=1S/C15H18N2O/c1-2-17(15(18)10-11-16)14-9-5-7-12-6-3-4-8-13(12)14/h3-9H,2,10-11,16H2,1H3. The lowest BCUT2D eigenvalue weighted by atomic mass is 10.1. The van der Waals surface area contributed by atoms with Crippen molar-refractivity contribution in [3.05, 3.63) is 42.5 Å². The molecule has 3 nitrogen and oxygen atoms in total. The molecule has 0 aliphatic heterocycles. The fraction of sp³-hybridized carbons (Fsp3) is 0.267. The van der Waals surface area contributed by atoms with Gasteiger partial charge in [-0.1, -0.05) is 36.4 Å². The van der Waals surface area contributed by atoms with Crippen molar-refractivity contribution in [2.45, 2.75) is 13.3 Å². The second-order valence-electron chi connectivity index (χ2n) is 4.17. The molecule has 3 heteroatoms. The molecule has 0 heterocycles. The van der Waals surface area contributed by atoms with E-state index in [1.54, 1.807) is 4.90 Å². The lowest BCUT2D eigenvalue weighted by Gasteiger charge is -2.22. The molecule has 0 atom stereocenters. The maximum Gasteiger partial charge on any atom is 0.228 e. The normalized spacial score (nSPS) is 10.6. The molecule has 18 heavy (non-hydrogen) atoms. The van der Waals surface area contributed by atoms with Crippen molar-refractivity contribution < 1.29 is 4.79 Å². The minimum absolute atomic E-state index is 0.0800. The molecule has 2 rings (SSSR count). The van der Waals surface area contributed by atoms with Gasteiger partial charge in [0.05, 0.1) is 5.69 Å². The number of nitrogens with two attached hydrogens (primary N) is 1. The first-order valence-corrected chi connectivity index (χ1v) is 6.26. The van der Waals surface area contributed by atoms with Gasteiger partial charge >= 0.3 is 0 Å². The molecule has 2 N–H and O–H groups in total. The molecular weight excluding hydrogens is 224 g/mol. The maximum atomic E-state index is 12.1. The van der Waals surface area contributed by atoms with Crippen LogP contribution in [-0.4, -0.2) is 19.0 Å². The number of carbonyl (C=O) groups excluding carboxylic acids is 1. The first kappa shape index (κ1) is 12.6. The van der Waals surface area contributed by atoms with Crippen LogP contribution in [0.4, 0.5) is 5.69 Å². The minimum atomic E-state index is 0.0800. The average Bonchev–Trinajstić information content (AvgIpc) is 2.40. The van der Waals surface area contributed by atoms with Crippen molar-refractivity contribution in [2.75, 3.05) is 18.0 Å². The third-order valence-electron chi connectivity index (χ3n) is 3.03. The molecule has 0 fully saturated rings. The van der Waals surface area contributed by atoms with E-state index in [1.807, 2.05) is 37.3 Å². The largest absolute Gasteiger partial charge is 0.330 e. The van der Waals surface area contributed by atoms with Crippen LogP contribution in [0.15, 0.2) is 42.5 Å². The van der Waals surface area contributed by atoms with Gasteiger partial charge in [0, 0.05) is 24.9 Å². The van der Waals surface area contributed by atoms with E-state index in [0.717, 1.165) is 16.5 Å². The number of hydrogen-bond donors (Lipinski definition) is 1. The topological polar surface area (TPSA) is 46.3 Å². The second kappa shape index (κ2) is 5.65. The van der Waals surface area contributed by atoms with Crippen LogP contribution in [0.5, 0.6) is 0 Å². The highest BCUT2D eigenvalue weighted by atomic mass is 16.2. The summed E-state index contributed by atoms with van der Waals surface area (Å²) < 4.78 is 0. The summed E-state index contributed by atoms with van der Waals surface area (Å²) in [6, 6.07) is 14.1. The molecule has 0 bridgehead atoms. The lowest BCUT2D eigenvalue weighted by molar-refractivity contribution is -0.118. The number of rotatable bonds is 4. The predicted octanol–water partition coefficient (Wildman–Crippen LogP) is 2.54. The Morgan fingerprint density at radius 3 is 2.61 bits per heavy atom. The van der Waals surface area contributed by atoms with Crippen LogP contribution in [0, 0.1) is 0 Å². The van der Waals surface area contributed by atoms with Crippen molar-refractivity contribution in [1.29, 1.82) is 0 Å². The predicted molar refractivity (Wildman–Crippen MR) is 75.6 cm³/mol. The van der Waals surface area contributed by atoms with Crippen molar-refractivity contribution in [3.8, 4) is 0 Å². The summed E-state index contributed by atoms with van der Waals surface area (Å²) in [6.07, 6.45) is 0.386. The van der Waals surface area contributed by atoms with E-state index in [4.69, 9.17) is 5.73 Å². The van der Waals surface area contributed by atoms with Crippen LogP contribution in [0.2, 0.25) is 0 Å². The zero-order valence-electron chi connectivity index (χ0n) is 10.6. The zero-order valence-corrected chi connectivity index (χ0v) is 10.6. The SMILES string of the molecule is CCN(C(=O)CCN)c1cccc2ccccc12. The Kier molecular flexibility index (Phi) is 3.95. The maximum absolute atomic E-state index is 12.1. The fourth-order valence-electron chi connectivity index (χ4n) is 2.18. The Bertz CT molecular complexity index is 546. The summed E-state index contributed by atoms with van der Waals surface area (Å²) >= 11 is 0. The molecule has 0 saturated carbocycles. The summed E-state index contributed by atoms with van der Waals surface area (Å²) in [6.45, 7) is 3.03. The Labute approximate surface area is 107 Å². The van der Waals surface area contributed by atoms with Gasteiger partial charge in [0.25, 0.3) is 0 Å². The van der Waals surface area contributed by atoms with E-state index in [1.165, 1.54) is 0 Å². The molecule has 1 amide bonds. The number of carbonyl (C=O) groups is 1. The van der Waals surface area contributed by atoms with Gasteiger partial charge in [-0.3, -0.25) is 4.79 Å². The molecule has 0 aliphatic rings. The molecule has 0 unspecified atom stereocenters. The van der Waals surface area contributed by atoms with Crippen molar-refractivity contribution in [3.63, 3.8) is 0 Å². The van der Waals surface area contributed by atoms with Crippen LogP contribution in [-0.2, 0) is 4.79 Å². The molecule has 0 spiro atoms. The molecule has 2 aromatic carbocycles. The molecule has 0 saturated heterocycles. The van der Waals surface area contributed by atoms with E-state index in [2.05, 4.69) is 12.1 Å². The Hall–Kier alpha value is -1.87. The lowest BCUT2D eigenvalue weighted by Crippen LogP contribution is -2.32. The van der Waals surface area contributed by atoms with Crippen molar-refractivity contribution in [1.82, 2.24) is 0 Å². The van der Waals surface area contributed by atoms with Crippen LogP contribution in [0.1, 0.15) is 13.3 Å². The van der Waals surface area contributed by atoms with Gasteiger partial charge in [-0.05, 0) is 18.4 Å². The Morgan fingerprint density at radius 2 is 1.89 bits per heavy atom. The van der Waals surface area contributed by atoms with Gasteiger partial charge in [0.2, 0.25) is 5.91 Å². The van der Waals surface area contributed by atoms with Gasteiger partial charge in [0.1, 0.15) is 0 Å². The van der Waals surface area contributed by atoms with Gasteiger partial charge < -0.3 is 10.6 Å². The third-order valence-corrected chi connectivity index (χ3v) is 3.03. The summed E-state index contributed by atoms with van der Waals surface area (Å²) in [5.74, 6) is 0.0800. The molecule has 2 aromatic rings. The summed E-state index contributed by atoms with van der Waals surface area (Å²) in [5.41, 5.74) is 6.43. The van der Waals surface area contributed by atoms with Crippen molar-refractivity contribution >= 4 is 22.4 Å². The highest BCUT2D eigenvalue weighted by molar-refractivity contribution is 6.03. The Balaban J connectivity index is 2.48. The first-order valence-electron chi connectivity index (χ1n) is 6.26. The van der Waals surface area contributed by atoms with Gasteiger partial charge in [0.15, 0.2) is 0 Å². The number of benzene rings is 2. The molecule has 0 radical (unpaired) electrons. The number of nitrogens with zero attached hydrogens (tertiary/aromatic N) is 1. The third kappa shape index (κ3) is 2.36. The highest BCUT2D eigenvalue weighted by Gasteiger charge is 2.14. The highest BCUT2D eigenvalue weighted by Crippen LogP contribution is 2.26. The molecular formula is C15H18N2O. The average molecular weight is 242 g/mol. The van der Waals surface area contributed by atoms with E-state index in [9.17, 15) is 4.79 Å². The molecule has 0 aromatic heterocycles.